The highest BCUT2D eigenvalue weighted by molar-refractivity contribution is 9.10. The van der Waals surface area contributed by atoms with Crippen molar-refractivity contribution in [3.8, 4) is 0 Å². The molecule has 0 aromatic heterocycles. The van der Waals surface area contributed by atoms with Crippen LogP contribution in [0.3, 0.4) is 0 Å². The molecule has 110 valence electrons. The van der Waals surface area contributed by atoms with Gasteiger partial charge in [0, 0.05) is 18.1 Å². The van der Waals surface area contributed by atoms with Crippen LogP contribution in [0.1, 0.15) is 27.0 Å². The number of amides is 1. The van der Waals surface area contributed by atoms with Gasteiger partial charge in [0.15, 0.2) is 0 Å². The predicted octanol–water partition coefficient (Wildman–Crippen LogP) is 4.48. The topological polar surface area (TPSA) is 20.3 Å². The van der Waals surface area contributed by atoms with E-state index in [0.717, 1.165) is 11.1 Å². The van der Waals surface area contributed by atoms with E-state index in [1.807, 2.05) is 26.0 Å². The molecule has 4 heteroatoms. The minimum atomic E-state index is -0.365. The fourth-order valence-electron chi connectivity index (χ4n) is 2.22. The monoisotopic (exact) mass is 349 g/mol. The summed E-state index contributed by atoms with van der Waals surface area (Å²) in [6.07, 6.45) is 0. The zero-order chi connectivity index (χ0) is 15.6. The van der Waals surface area contributed by atoms with E-state index in [1.165, 1.54) is 23.8 Å². The van der Waals surface area contributed by atoms with E-state index in [9.17, 15) is 9.18 Å². The SMILES string of the molecule is Cc1ccc(CN(C)C(=O)c2ccc(F)cc2Br)c(C)c1. The van der Waals surface area contributed by atoms with Crippen LogP contribution in [-0.2, 0) is 6.54 Å². The van der Waals surface area contributed by atoms with E-state index < -0.39 is 0 Å². The standard InChI is InChI=1S/C17H17BrFNO/c1-11-4-5-13(12(2)8-11)10-20(3)17(21)15-7-6-14(19)9-16(15)18/h4-9H,10H2,1-3H3. The van der Waals surface area contributed by atoms with E-state index in [4.69, 9.17) is 0 Å². The molecule has 0 aliphatic rings. The molecule has 2 aromatic carbocycles. The first-order valence-electron chi connectivity index (χ1n) is 6.65. The van der Waals surface area contributed by atoms with Crippen LogP contribution in [0.15, 0.2) is 40.9 Å². The van der Waals surface area contributed by atoms with Crippen molar-refractivity contribution in [1.29, 1.82) is 0 Å². The Morgan fingerprint density at radius 1 is 1.19 bits per heavy atom. The van der Waals surface area contributed by atoms with Crippen LogP contribution in [-0.4, -0.2) is 17.9 Å². The molecular weight excluding hydrogens is 333 g/mol. The number of hydrogen-bond donors (Lipinski definition) is 0. The molecule has 2 rings (SSSR count). The number of hydrogen-bond acceptors (Lipinski definition) is 1. The Morgan fingerprint density at radius 3 is 2.52 bits per heavy atom. The molecule has 0 N–H and O–H groups in total. The van der Waals surface area contributed by atoms with Crippen molar-refractivity contribution in [2.24, 2.45) is 0 Å². The second-order valence-electron chi connectivity index (χ2n) is 5.22. The van der Waals surface area contributed by atoms with Gasteiger partial charge in [-0.2, -0.15) is 0 Å². The Kier molecular flexibility index (Phi) is 4.78. The molecule has 0 saturated carbocycles. The summed E-state index contributed by atoms with van der Waals surface area (Å²) >= 11 is 3.24. The molecule has 1 amide bonds. The highest BCUT2D eigenvalue weighted by Gasteiger charge is 2.16. The second kappa shape index (κ2) is 6.39. The highest BCUT2D eigenvalue weighted by Crippen LogP contribution is 2.21. The lowest BCUT2D eigenvalue weighted by atomic mass is 10.1. The lowest BCUT2D eigenvalue weighted by Gasteiger charge is -2.19. The maximum atomic E-state index is 13.1. The molecule has 0 atom stereocenters. The highest BCUT2D eigenvalue weighted by atomic mass is 79.9. The van der Waals surface area contributed by atoms with Crippen molar-refractivity contribution < 1.29 is 9.18 Å². The van der Waals surface area contributed by atoms with Gasteiger partial charge in [0.1, 0.15) is 5.82 Å². The van der Waals surface area contributed by atoms with Gasteiger partial charge in [-0.25, -0.2) is 4.39 Å². The number of carbonyl (C=O) groups excluding carboxylic acids is 1. The van der Waals surface area contributed by atoms with Gasteiger partial charge in [-0.3, -0.25) is 4.79 Å². The van der Waals surface area contributed by atoms with Gasteiger partial charge < -0.3 is 4.90 Å². The average Bonchev–Trinajstić information content (AvgIpc) is 2.41. The van der Waals surface area contributed by atoms with Crippen molar-refractivity contribution in [2.45, 2.75) is 20.4 Å². The summed E-state index contributed by atoms with van der Waals surface area (Å²) in [6.45, 7) is 4.60. The van der Waals surface area contributed by atoms with Gasteiger partial charge >= 0.3 is 0 Å². The van der Waals surface area contributed by atoms with Crippen molar-refractivity contribution in [2.75, 3.05) is 7.05 Å². The third-order valence-electron chi connectivity index (χ3n) is 3.41. The van der Waals surface area contributed by atoms with Crippen molar-refractivity contribution in [3.05, 3.63) is 68.9 Å². The summed E-state index contributed by atoms with van der Waals surface area (Å²) in [4.78, 5) is 14.1. The Bertz CT molecular complexity index is 684. The molecule has 0 saturated heterocycles. The number of aryl methyl sites for hydroxylation is 2. The van der Waals surface area contributed by atoms with Gasteiger partial charge in [-0.15, -0.1) is 0 Å². The molecule has 0 radical (unpaired) electrons. The summed E-state index contributed by atoms with van der Waals surface area (Å²) < 4.78 is 13.6. The first-order valence-corrected chi connectivity index (χ1v) is 7.44. The lowest BCUT2D eigenvalue weighted by Crippen LogP contribution is -2.26. The quantitative estimate of drug-likeness (QED) is 0.799. The van der Waals surface area contributed by atoms with Gasteiger partial charge in [-0.05, 0) is 59.1 Å². The van der Waals surface area contributed by atoms with Crippen LogP contribution in [0, 0.1) is 19.7 Å². The maximum absolute atomic E-state index is 13.1. The predicted molar refractivity (Wildman–Crippen MR) is 85.8 cm³/mol. The van der Waals surface area contributed by atoms with E-state index in [1.54, 1.807) is 11.9 Å². The first-order chi connectivity index (χ1) is 9.88. The summed E-state index contributed by atoms with van der Waals surface area (Å²) in [5, 5.41) is 0. The average molecular weight is 350 g/mol. The van der Waals surface area contributed by atoms with E-state index in [-0.39, 0.29) is 11.7 Å². The summed E-state index contributed by atoms with van der Waals surface area (Å²) in [5.74, 6) is -0.502. The minimum absolute atomic E-state index is 0.137. The van der Waals surface area contributed by atoms with Gasteiger partial charge in [0.25, 0.3) is 5.91 Å². The van der Waals surface area contributed by atoms with Crippen molar-refractivity contribution >= 4 is 21.8 Å². The second-order valence-corrected chi connectivity index (χ2v) is 6.07. The van der Waals surface area contributed by atoms with Crippen LogP contribution in [0.4, 0.5) is 4.39 Å². The fraction of sp³-hybridized carbons (Fsp3) is 0.235. The maximum Gasteiger partial charge on any atom is 0.255 e. The van der Waals surface area contributed by atoms with Crippen LogP contribution in [0.5, 0.6) is 0 Å². The van der Waals surface area contributed by atoms with E-state index in [0.29, 0.717) is 16.6 Å². The van der Waals surface area contributed by atoms with E-state index >= 15 is 0 Å². The summed E-state index contributed by atoms with van der Waals surface area (Å²) in [6, 6.07) is 10.3. The zero-order valence-electron chi connectivity index (χ0n) is 12.3. The third kappa shape index (κ3) is 3.70. The number of rotatable bonds is 3. The molecule has 0 unspecified atom stereocenters. The molecular formula is C17H17BrFNO. The van der Waals surface area contributed by atoms with Crippen LogP contribution in [0.25, 0.3) is 0 Å². The normalized spacial score (nSPS) is 10.5. The van der Waals surface area contributed by atoms with Crippen LogP contribution < -0.4 is 0 Å². The Morgan fingerprint density at radius 2 is 1.90 bits per heavy atom. The van der Waals surface area contributed by atoms with Crippen LogP contribution in [0.2, 0.25) is 0 Å². The minimum Gasteiger partial charge on any atom is -0.337 e. The summed E-state index contributed by atoms with van der Waals surface area (Å²) in [5.41, 5.74) is 3.93. The molecule has 0 heterocycles. The van der Waals surface area contributed by atoms with Crippen molar-refractivity contribution in [1.82, 2.24) is 4.90 Å². The Balaban J connectivity index is 2.19. The smallest absolute Gasteiger partial charge is 0.255 e. The number of halogens is 2. The van der Waals surface area contributed by atoms with Crippen LogP contribution >= 0.6 is 15.9 Å². The number of carbonyl (C=O) groups is 1. The molecule has 0 fully saturated rings. The Hall–Kier alpha value is -1.68. The van der Waals surface area contributed by atoms with Crippen molar-refractivity contribution in [3.63, 3.8) is 0 Å². The molecule has 21 heavy (non-hydrogen) atoms. The fourth-order valence-corrected chi connectivity index (χ4v) is 2.74. The Labute approximate surface area is 132 Å². The molecule has 2 nitrogen and oxygen atoms in total. The molecule has 0 bridgehead atoms. The zero-order valence-corrected chi connectivity index (χ0v) is 13.9. The van der Waals surface area contributed by atoms with Gasteiger partial charge in [0.2, 0.25) is 0 Å². The molecule has 0 aliphatic heterocycles. The molecule has 0 spiro atoms. The number of nitrogens with zero attached hydrogens (tertiary/aromatic N) is 1. The first kappa shape index (κ1) is 15.7. The summed E-state index contributed by atoms with van der Waals surface area (Å²) in [7, 11) is 1.75. The number of benzene rings is 2. The molecule has 0 aliphatic carbocycles. The largest absolute Gasteiger partial charge is 0.337 e. The third-order valence-corrected chi connectivity index (χ3v) is 4.07. The van der Waals surface area contributed by atoms with E-state index in [2.05, 4.69) is 22.0 Å². The van der Waals surface area contributed by atoms with Gasteiger partial charge in [-0.1, -0.05) is 23.8 Å². The van der Waals surface area contributed by atoms with Gasteiger partial charge in [0.05, 0.1) is 5.56 Å². The lowest BCUT2D eigenvalue weighted by molar-refractivity contribution is 0.0784. The molecule has 2 aromatic rings.